The van der Waals surface area contributed by atoms with Crippen molar-refractivity contribution in [3.8, 4) is 5.75 Å². The zero-order valence-electron chi connectivity index (χ0n) is 9.32. The number of likely N-dealkylation sites (tertiary alicyclic amines) is 1. The zero-order valence-corrected chi connectivity index (χ0v) is 9.32. The summed E-state index contributed by atoms with van der Waals surface area (Å²) in [7, 11) is 0. The van der Waals surface area contributed by atoms with E-state index in [0.717, 1.165) is 12.6 Å². The van der Waals surface area contributed by atoms with Gasteiger partial charge in [-0.3, -0.25) is 4.90 Å². The molecule has 1 N–H and O–H groups in total. The second-order valence-electron chi connectivity index (χ2n) is 4.34. The molecule has 2 nitrogen and oxygen atoms in total. The molecule has 1 unspecified atom stereocenters. The summed E-state index contributed by atoms with van der Waals surface area (Å²) in [5, 5.41) is 9.20. The van der Waals surface area contributed by atoms with Crippen LogP contribution in [0.15, 0.2) is 24.3 Å². The first-order chi connectivity index (χ1) is 7.29. The molecule has 15 heavy (non-hydrogen) atoms. The summed E-state index contributed by atoms with van der Waals surface area (Å²) >= 11 is 0. The smallest absolute Gasteiger partial charge is 0.115 e. The molecule has 1 heterocycles. The van der Waals surface area contributed by atoms with Gasteiger partial charge in [0.2, 0.25) is 0 Å². The van der Waals surface area contributed by atoms with Crippen molar-refractivity contribution in [1.82, 2.24) is 4.90 Å². The van der Waals surface area contributed by atoms with Crippen LogP contribution in [0.2, 0.25) is 0 Å². The van der Waals surface area contributed by atoms with Crippen LogP contribution in [0.4, 0.5) is 0 Å². The normalized spacial score (nSPS) is 22.1. The Balaban J connectivity index is 1.99. The number of hydrogen-bond donors (Lipinski definition) is 1. The Bertz CT molecular complexity index is 307. The van der Waals surface area contributed by atoms with E-state index in [1.54, 1.807) is 12.1 Å². The van der Waals surface area contributed by atoms with Gasteiger partial charge in [-0.15, -0.1) is 0 Å². The third-order valence-electron chi connectivity index (χ3n) is 3.29. The summed E-state index contributed by atoms with van der Waals surface area (Å²) < 4.78 is 0. The van der Waals surface area contributed by atoms with Crippen LogP contribution in [0.3, 0.4) is 0 Å². The fourth-order valence-electron chi connectivity index (χ4n) is 2.40. The number of phenolic OH excluding ortho intramolecular Hbond substituents is 1. The van der Waals surface area contributed by atoms with Crippen LogP contribution in [0.5, 0.6) is 5.75 Å². The van der Waals surface area contributed by atoms with Gasteiger partial charge < -0.3 is 5.11 Å². The van der Waals surface area contributed by atoms with Crippen LogP contribution < -0.4 is 0 Å². The first-order valence-corrected chi connectivity index (χ1v) is 5.81. The Hall–Kier alpha value is -1.02. The molecule has 1 fully saturated rings. The fourth-order valence-corrected chi connectivity index (χ4v) is 2.40. The molecule has 0 radical (unpaired) electrons. The second kappa shape index (κ2) is 4.67. The lowest BCUT2D eigenvalue weighted by atomic mass is 10.1. The van der Waals surface area contributed by atoms with Crippen molar-refractivity contribution < 1.29 is 5.11 Å². The van der Waals surface area contributed by atoms with E-state index in [-0.39, 0.29) is 0 Å². The van der Waals surface area contributed by atoms with Crippen LogP contribution >= 0.6 is 0 Å². The van der Waals surface area contributed by atoms with Crippen LogP contribution in [-0.2, 0) is 6.54 Å². The van der Waals surface area contributed by atoms with E-state index in [0.29, 0.717) is 5.75 Å². The van der Waals surface area contributed by atoms with Gasteiger partial charge in [-0.05, 0) is 43.5 Å². The van der Waals surface area contributed by atoms with E-state index in [1.165, 1.54) is 31.4 Å². The van der Waals surface area contributed by atoms with Crippen LogP contribution in [0.1, 0.15) is 31.7 Å². The predicted molar refractivity (Wildman–Crippen MR) is 61.8 cm³/mol. The van der Waals surface area contributed by atoms with Gasteiger partial charge in [0.25, 0.3) is 0 Å². The van der Waals surface area contributed by atoms with E-state index in [9.17, 15) is 5.11 Å². The topological polar surface area (TPSA) is 23.5 Å². The van der Waals surface area contributed by atoms with Gasteiger partial charge in [-0.25, -0.2) is 0 Å². The van der Waals surface area contributed by atoms with E-state index < -0.39 is 0 Å². The number of rotatable bonds is 3. The molecule has 0 amide bonds. The molecule has 2 rings (SSSR count). The summed E-state index contributed by atoms with van der Waals surface area (Å²) in [6.45, 7) is 4.51. The average Bonchev–Trinajstić information content (AvgIpc) is 2.69. The minimum absolute atomic E-state index is 0.354. The largest absolute Gasteiger partial charge is 0.508 e. The Morgan fingerprint density at radius 1 is 1.33 bits per heavy atom. The highest BCUT2D eigenvalue weighted by Gasteiger charge is 2.22. The maximum atomic E-state index is 9.20. The van der Waals surface area contributed by atoms with Gasteiger partial charge >= 0.3 is 0 Å². The highest BCUT2D eigenvalue weighted by molar-refractivity contribution is 5.25. The van der Waals surface area contributed by atoms with E-state index in [4.69, 9.17) is 0 Å². The summed E-state index contributed by atoms with van der Waals surface area (Å²) in [6.07, 6.45) is 3.92. The minimum Gasteiger partial charge on any atom is -0.508 e. The number of hydrogen-bond acceptors (Lipinski definition) is 2. The monoisotopic (exact) mass is 205 g/mol. The lowest BCUT2D eigenvalue weighted by Gasteiger charge is -2.23. The maximum absolute atomic E-state index is 9.20. The Morgan fingerprint density at radius 2 is 2.07 bits per heavy atom. The predicted octanol–water partition coefficient (Wildman–Crippen LogP) is 2.77. The molecule has 0 saturated carbocycles. The quantitative estimate of drug-likeness (QED) is 0.820. The summed E-state index contributed by atoms with van der Waals surface area (Å²) in [4.78, 5) is 2.55. The minimum atomic E-state index is 0.354. The molecule has 1 aliphatic rings. The first kappa shape index (κ1) is 10.5. The van der Waals surface area contributed by atoms with E-state index in [1.807, 2.05) is 12.1 Å². The molecular weight excluding hydrogens is 186 g/mol. The van der Waals surface area contributed by atoms with Crippen molar-refractivity contribution >= 4 is 0 Å². The molecule has 0 aliphatic carbocycles. The molecule has 2 heteroatoms. The molecule has 0 bridgehead atoms. The number of benzene rings is 1. The standard InChI is InChI=1S/C13H19NO/c1-2-12-4-3-9-14(12)10-11-5-7-13(15)8-6-11/h5-8,12,15H,2-4,9-10H2,1H3. The number of nitrogens with zero attached hydrogens (tertiary/aromatic N) is 1. The van der Waals surface area contributed by atoms with Crippen molar-refractivity contribution in [2.24, 2.45) is 0 Å². The van der Waals surface area contributed by atoms with E-state index in [2.05, 4.69) is 11.8 Å². The molecule has 1 aromatic rings. The summed E-state index contributed by atoms with van der Waals surface area (Å²) in [5.41, 5.74) is 1.30. The van der Waals surface area contributed by atoms with Crippen LogP contribution in [0.25, 0.3) is 0 Å². The number of aromatic hydroxyl groups is 1. The lowest BCUT2D eigenvalue weighted by molar-refractivity contribution is 0.240. The van der Waals surface area contributed by atoms with Crippen molar-refractivity contribution in [2.75, 3.05) is 6.54 Å². The molecule has 1 aliphatic heterocycles. The Kier molecular flexibility index (Phi) is 3.27. The number of phenols is 1. The van der Waals surface area contributed by atoms with Crippen molar-refractivity contribution in [1.29, 1.82) is 0 Å². The molecule has 1 atom stereocenters. The Morgan fingerprint density at radius 3 is 2.73 bits per heavy atom. The summed E-state index contributed by atoms with van der Waals surface area (Å²) in [6, 6.07) is 8.33. The fraction of sp³-hybridized carbons (Fsp3) is 0.538. The molecule has 1 aromatic carbocycles. The first-order valence-electron chi connectivity index (χ1n) is 5.81. The average molecular weight is 205 g/mol. The highest BCUT2D eigenvalue weighted by Crippen LogP contribution is 2.22. The van der Waals surface area contributed by atoms with Gasteiger partial charge in [-0.1, -0.05) is 19.1 Å². The molecular formula is C13H19NO. The van der Waals surface area contributed by atoms with Crippen molar-refractivity contribution in [3.63, 3.8) is 0 Å². The van der Waals surface area contributed by atoms with Crippen molar-refractivity contribution in [3.05, 3.63) is 29.8 Å². The second-order valence-corrected chi connectivity index (χ2v) is 4.34. The van der Waals surface area contributed by atoms with Gasteiger partial charge in [0.1, 0.15) is 5.75 Å². The zero-order chi connectivity index (χ0) is 10.7. The third-order valence-corrected chi connectivity index (χ3v) is 3.29. The lowest BCUT2D eigenvalue weighted by Crippen LogP contribution is -2.28. The SMILES string of the molecule is CCC1CCCN1Cc1ccc(O)cc1. The van der Waals surface area contributed by atoms with Crippen molar-refractivity contribution in [2.45, 2.75) is 38.8 Å². The van der Waals surface area contributed by atoms with Gasteiger partial charge in [0.05, 0.1) is 0 Å². The molecule has 0 aromatic heterocycles. The van der Waals surface area contributed by atoms with Gasteiger partial charge in [0.15, 0.2) is 0 Å². The van der Waals surface area contributed by atoms with E-state index >= 15 is 0 Å². The molecule has 0 spiro atoms. The van der Waals surface area contributed by atoms with Crippen LogP contribution in [-0.4, -0.2) is 22.6 Å². The Labute approximate surface area is 91.5 Å². The molecule has 82 valence electrons. The van der Waals surface area contributed by atoms with Crippen LogP contribution in [0, 0.1) is 0 Å². The summed E-state index contributed by atoms with van der Waals surface area (Å²) in [5.74, 6) is 0.354. The third kappa shape index (κ3) is 2.51. The molecule has 1 saturated heterocycles. The maximum Gasteiger partial charge on any atom is 0.115 e. The van der Waals surface area contributed by atoms with Gasteiger partial charge in [-0.2, -0.15) is 0 Å². The highest BCUT2D eigenvalue weighted by atomic mass is 16.3. The van der Waals surface area contributed by atoms with Gasteiger partial charge in [0, 0.05) is 12.6 Å².